The van der Waals surface area contributed by atoms with Gasteiger partial charge in [-0.15, -0.1) is 0 Å². The van der Waals surface area contributed by atoms with E-state index in [9.17, 15) is 18.4 Å². The van der Waals surface area contributed by atoms with Crippen LogP contribution in [0.2, 0.25) is 0 Å². The number of para-hydroxylation sites is 1. The predicted octanol–water partition coefficient (Wildman–Crippen LogP) is 5.09. The van der Waals surface area contributed by atoms with Crippen LogP contribution in [0, 0.1) is 25.5 Å². The third-order valence-electron chi connectivity index (χ3n) is 4.24. The van der Waals surface area contributed by atoms with Crippen LogP contribution in [-0.4, -0.2) is 11.8 Å². The lowest BCUT2D eigenvalue weighted by molar-refractivity contribution is 0.101. The van der Waals surface area contributed by atoms with Crippen molar-refractivity contribution < 1.29 is 18.4 Å². The molecule has 0 aliphatic carbocycles. The standard InChI is InChI=1S/C22H18F2N2O2/c1-13-6-11-19(14(2)12-13)25-21(27)15-7-9-16(10-8-15)22(28)26-20-17(23)4-3-5-18(20)24/h3-12H,1-2H3,(H,25,27)(H,26,28). The van der Waals surface area contributed by atoms with Crippen molar-refractivity contribution in [2.75, 3.05) is 10.6 Å². The maximum Gasteiger partial charge on any atom is 0.255 e. The monoisotopic (exact) mass is 380 g/mol. The van der Waals surface area contributed by atoms with Crippen LogP contribution >= 0.6 is 0 Å². The van der Waals surface area contributed by atoms with Gasteiger partial charge in [0.1, 0.15) is 17.3 Å². The van der Waals surface area contributed by atoms with Crippen LogP contribution in [0.5, 0.6) is 0 Å². The molecule has 0 fully saturated rings. The van der Waals surface area contributed by atoms with Crippen molar-refractivity contribution in [3.05, 3.63) is 94.6 Å². The normalized spacial score (nSPS) is 10.4. The van der Waals surface area contributed by atoms with Gasteiger partial charge in [0, 0.05) is 16.8 Å². The van der Waals surface area contributed by atoms with Gasteiger partial charge >= 0.3 is 0 Å². The van der Waals surface area contributed by atoms with E-state index in [1.165, 1.54) is 30.3 Å². The van der Waals surface area contributed by atoms with Gasteiger partial charge < -0.3 is 10.6 Å². The van der Waals surface area contributed by atoms with Gasteiger partial charge in [0.05, 0.1) is 0 Å². The van der Waals surface area contributed by atoms with E-state index >= 15 is 0 Å². The molecule has 3 rings (SSSR count). The molecular weight excluding hydrogens is 362 g/mol. The van der Waals surface area contributed by atoms with E-state index in [2.05, 4.69) is 10.6 Å². The van der Waals surface area contributed by atoms with Crippen molar-refractivity contribution in [2.24, 2.45) is 0 Å². The fourth-order valence-corrected chi connectivity index (χ4v) is 2.72. The molecule has 0 aromatic heterocycles. The molecule has 2 N–H and O–H groups in total. The Hall–Kier alpha value is -3.54. The molecule has 6 heteroatoms. The second-order valence-corrected chi connectivity index (χ2v) is 6.40. The second-order valence-electron chi connectivity index (χ2n) is 6.40. The van der Waals surface area contributed by atoms with E-state index in [1.54, 1.807) is 0 Å². The topological polar surface area (TPSA) is 58.2 Å². The van der Waals surface area contributed by atoms with Gasteiger partial charge in [-0.1, -0.05) is 23.8 Å². The van der Waals surface area contributed by atoms with Crippen molar-refractivity contribution in [3.8, 4) is 0 Å². The highest BCUT2D eigenvalue weighted by Crippen LogP contribution is 2.20. The maximum absolute atomic E-state index is 13.7. The van der Waals surface area contributed by atoms with E-state index in [1.807, 2.05) is 32.0 Å². The largest absolute Gasteiger partial charge is 0.322 e. The Morgan fingerprint density at radius 1 is 0.750 bits per heavy atom. The summed E-state index contributed by atoms with van der Waals surface area (Å²) in [6.45, 7) is 3.87. The number of hydrogen-bond donors (Lipinski definition) is 2. The molecule has 0 atom stereocenters. The third-order valence-corrected chi connectivity index (χ3v) is 4.24. The molecule has 0 radical (unpaired) electrons. The van der Waals surface area contributed by atoms with Crippen LogP contribution < -0.4 is 10.6 Å². The first-order valence-electron chi connectivity index (χ1n) is 8.59. The maximum atomic E-state index is 13.7. The lowest BCUT2D eigenvalue weighted by Gasteiger charge is -2.10. The van der Waals surface area contributed by atoms with Crippen LogP contribution in [0.25, 0.3) is 0 Å². The molecule has 2 amide bonds. The Bertz CT molecular complexity index is 1030. The third kappa shape index (κ3) is 4.23. The lowest BCUT2D eigenvalue weighted by Crippen LogP contribution is -2.16. The minimum Gasteiger partial charge on any atom is -0.322 e. The zero-order chi connectivity index (χ0) is 20.3. The van der Waals surface area contributed by atoms with E-state index in [4.69, 9.17) is 0 Å². The van der Waals surface area contributed by atoms with Gasteiger partial charge in [0.15, 0.2) is 0 Å². The average molecular weight is 380 g/mol. The summed E-state index contributed by atoms with van der Waals surface area (Å²) in [5.74, 6) is -2.72. The number of rotatable bonds is 4. The fourth-order valence-electron chi connectivity index (χ4n) is 2.72. The van der Waals surface area contributed by atoms with Crippen molar-refractivity contribution >= 4 is 23.2 Å². The highest BCUT2D eigenvalue weighted by atomic mass is 19.1. The number of benzene rings is 3. The van der Waals surface area contributed by atoms with Crippen LogP contribution in [0.4, 0.5) is 20.2 Å². The van der Waals surface area contributed by atoms with Crippen molar-refractivity contribution in [1.82, 2.24) is 0 Å². The van der Waals surface area contributed by atoms with Crippen molar-refractivity contribution in [3.63, 3.8) is 0 Å². The predicted molar refractivity (Wildman–Crippen MR) is 105 cm³/mol. The SMILES string of the molecule is Cc1ccc(NC(=O)c2ccc(C(=O)Nc3c(F)cccc3F)cc2)c(C)c1. The molecule has 0 bridgehead atoms. The van der Waals surface area contributed by atoms with Crippen LogP contribution in [-0.2, 0) is 0 Å². The number of anilines is 2. The molecule has 0 spiro atoms. The zero-order valence-corrected chi connectivity index (χ0v) is 15.3. The highest BCUT2D eigenvalue weighted by molar-refractivity contribution is 6.07. The summed E-state index contributed by atoms with van der Waals surface area (Å²) >= 11 is 0. The van der Waals surface area contributed by atoms with Crippen LogP contribution in [0.15, 0.2) is 60.7 Å². The van der Waals surface area contributed by atoms with Gasteiger partial charge in [0.25, 0.3) is 11.8 Å². The molecule has 0 unspecified atom stereocenters. The first-order valence-corrected chi connectivity index (χ1v) is 8.59. The number of carbonyl (C=O) groups excluding carboxylic acids is 2. The second kappa shape index (κ2) is 8.00. The molecule has 0 saturated carbocycles. The van der Waals surface area contributed by atoms with E-state index in [0.29, 0.717) is 11.3 Å². The number of amides is 2. The zero-order valence-electron chi connectivity index (χ0n) is 15.3. The molecule has 0 heterocycles. The van der Waals surface area contributed by atoms with Crippen LogP contribution in [0.3, 0.4) is 0 Å². The number of halogens is 2. The first kappa shape index (κ1) is 19.2. The molecule has 3 aromatic carbocycles. The fraction of sp³-hybridized carbons (Fsp3) is 0.0909. The van der Waals surface area contributed by atoms with Gasteiger partial charge in [-0.25, -0.2) is 8.78 Å². The number of aryl methyl sites for hydroxylation is 2. The number of carbonyl (C=O) groups is 2. The van der Waals surface area contributed by atoms with Crippen molar-refractivity contribution in [1.29, 1.82) is 0 Å². The molecule has 28 heavy (non-hydrogen) atoms. The lowest BCUT2D eigenvalue weighted by atomic mass is 10.1. The van der Waals surface area contributed by atoms with Gasteiger partial charge in [-0.05, 0) is 61.9 Å². The van der Waals surface area contributed by atoms with Gasteiger partial charge in [0.2, 0.25) is 0 Å². The minimum absolute atomic E-state index is 0.172. The molecule has 0 aliphatic rings. The molecular formula is C22H18F2N2O2. The van der Waals surface area contributed by atoms with Crippen LogP contribution in [0.1, 0.15) is 31.8 Å². The molecule has 4 nitrogen and oxygen atoms in total. The Labute approximate surface area is 161 Å². The summed E-state index contributed by atoms with van der Waals surface area (Å²) in [7, 11) is 0. The Kier molecular flexibility index (Phi) is 5.49. The molecule has 0 saturated heterocycles. The Morgan fingerprint density at radius 2 is 1.29 bits per heavy atom. The molecule has 3 aromatic rings. The summed E-state index contributed by atoms with van der Waals surface area (Å²) in [4.78, 5) is 24.6. The average Bonchev–Trinajstić information content (AvgIpc) is 2.67. The first-order chi connectivity index (χ1) is 13.3. The van der Waals surface area contributed by atoms with E-state index in [0.717, 1.165) is 23.3 Å². The molecule has 0 aliphatic heterocycles. The smallest absolute Gasteiger partial charge is 0.255 e. The van der Waals surface area contributed by atoms with E-state index in [-0.39, 0.29) is 11.5 Å². The number of hydrogen-bond acceptors (Lipinski definition) is 2. The summed E-state index contributed by atoms with van der Waals surface area (Å²) in [5.41, 5.74) is 2.75. The summed E-state index contributed by atoms with van der Waals surface area (Å²) < 4.78 is 27.3. The minimum atomic E-state index is -0.863. The quantitative estimate of drug-likeness (QED) is 0.663. The Morgan fingerprint density at radius 3 is 1.82 bits per heavy atom. The van der Waals surface area contributed by atoms with Gasteiger partial charge in [-0.2, -0.15) is 0 Å². The van der Waals surface area contributed by atoms with Crippen molar-refractivity contribution in [2.45, 2.75) is 13.8 Å². The Balaban J connectivity index is 1.72. The summed E-state index contributed by atoms with van der Waals surface area (Å²) in [6, 6.07) is 14.8. The molecule has 142 valence electrons. The van der Waals surface area contributed by atoms with Gasteiger partial charge in [-0.3, -0.25) is 9.59 Å². The number of nitrogens with one attached hydrogen (secondary N) is 2. The summed E-state index contributed by atoms with van der Waals surface area (Å²) in [5, 5.41) is 5.03. The van der Waals surface area contributed by atoms with E-state index < -0.39 is 23.2 Å². The highest BCUT2D eigenvalue weighted by Gasteiger charge is 2.14. The summed E-state index contributed by atoms with van der Waals surface area (Å²) in [6.07, 6.45) is 0.